The predicted octanol–water partition coefficient (Wildman–Crippen LogP) is 3.77. The van der Waals surface area contributed by atoms with E-state index in [1.54, 1.807) is 25.4 Å². The molecule has 0 fully saturated rings. The van der Waals surface area contributed by atoms with Gasteiger partial charge in [-0.1, -0.05) is 36.4 Å². The highest BCUT2D eigenvalue weighted by molar-refractivity contribution is 7.90. The lowest BCUT2D eigenvalue weighted by atomic mass is 10.0. The number of anilines is 1. The molecule has 6 heteroatoms. The number of pyridine rings is 1. The van der Waals surface area contributed by atoms with Crippen molar-refractivity contribution < 1.29 is 13.2 Å². The fourth-order valence-electron chi connectivity index (χ4n) is 2.63. The van der Waals surface area contributed by atoms with E-state index in [2.05, 4.69) is 10.3 Å². The fourth-order valence-corrected chi connectivity index (χ4v) is 3.43. The van der Waals surface area contributed by atoms with Crippen molar-refractivity contribution >= 4 is 15.7 Å². The third kappa shape index (κ3) is 4.21. The zero-order valence-electron chi connectivity index (χ0n) is 14.6. The summed E-state index contributed by atoms with van der Waals surface area (Å²) in [5.74, 6) is 1.18. The quantitative estimate of drug-likeness (QED) is 0.717. The Morgan fingerprint density at radius 1 is 1.00 bits per heavy atom. The molecule has 0 aliphatic carbocycles. The Morgan fingerprint density at radius 3 is 2.46 bits per heavy atom. The van der Waals surface area contributed by atoms with Crippen LogP contribution < -0.4 is 10.1 Å². The summed E-state index contributed by atoms with van der Waals surface area (Å²) >= 11 is 0. The minimum Gasteiger partial charge on any atom is -0.497 e. The maximum Gasteiger partial charge on any atom is 0.179 e. The summed E-state index contributed by atoms with van der Waals surface area (Å²) in [7, 11) is -1.68. The molecule has 0 saturated heterocycles. The van der Waals surface area contributed by atoms with E-state index < -0.39 is 9.84 Å². The molecule has 0 aliphatic heterocycles. The van der Waals surface area contributed by atoms with Crippen molar-refractivity contribution in [3.8, 4) is 16.9 Å². The van der Waals surface area contributed by atoms with E-state index in [0.717, 1.165) is 22.4 Å². The van der Waals surface area contributed by atoms with Gasteiger partial charge in [-0.2, -0.15) is 0 Å². The van der Waals surface area contributed by atoms with Crippen molar-refractivity contribution in [2.75, 3.05) is 18.7 Å². The Kier molecular flexibility index (Phi) is 5.23. The first kappa shape index (κ1) is 17.9. The molecule has 3 aromatic rings. The van der Waals surface area contributed by atoms with E-state index in [1.807, 2.05) is 48.5 Å². The van der Waals surface area contributed by atoms with Crippen LogP contribution in [0.3, 0.4) is 0 Å². The van der Waals surface area contributed by atoms with Crippen molar-refractivity contribution in [2.45, 2.75) is 11.4 Å². The van der Waals surface area contributed by atoms with Gasteiger partial charge in [-0.05, 0) is 41.0 Å². The van der Waals surface area contributed by atoms with Gasteiger partial charge in [0.25, 0.3) is 0 Å². The molecule has 5 nitrogen and oxygen atoms in total. The topological polar surface area (TPSA) is 68.3 Å². The van der Waals surface area contributed by atoms with E-state index in [-0.39, 0.29) is 4.90 Å². The number of benzene rings is 2. The number of nitrogens with one attached hydrogen (secondary N) is 1. The van der Waals surface area contributed by atoms with Gasteiger partial charge in [-0.15, -0.1) is 0 Å². The molecule has 134 valence electrons. The average Bonchev–Trinajstić information content (AvgIpc) is 2.66. The second-order valence-corrected chi connectivity index (χ2v) is 7.89. The number of hydrogen-bond donors (Lipinski definition) is 1. The van der Waals surface area contributed by atoms with Crippen LogP contribution in [0.1, 0.15) is 5.56 Å². The van der Waals surface area contributed by atoms with Crippen molar-refractivity contribution in [1.29, 1.82) is 0 Å². The van der Waals surface area contributed by atoms with Crippen molar-refractivity contribution in [3.05, 3.63) is 72.4 Å². The normalized spacial score (nSPS) is 11.2. The van der Waals surface area contributed by atoms with Crippen LogP contribution in [0.2, 0.25) is 0 Å². The van der Waals surface area contributed by atoms with Crippen LogP contribution in [-0.2, 0) is 16.4 Å². The first-order valence-corrected chi connectivity index (χ1v) is 9.99. The molecule has 1 heterocycles. The summed E-state index contributed by atoms with van der Waals surface area (Å²) in [6.45, 7) is 0.484. The van der Waals surface area contributed by atoms with Crippen LogP contribution in [0.25, 0.3) is 11.1 Å². The summed E-state index contributed by atoms with van der Waals surface area (Å²) in [5, 5.41) is 3.10. The summed E-state index contributed by atoms with van der Waals surface area (Å²) in [6, 6.07) is 19.1. The lowest BCUT2D eigenvalue weighted by molar-refractivity contribution is 0.415. The van der Waals surface area contributed by atoms with Crippen LogP contribution in [-0.4, -0.2) is 26.8 Å². The molecular formula is C20H20N2O3S. The second-order valence-electron chi connectivity index (χ2n) is 5.90. The summed E-state index contributed by atoms with van der Waals surface area (Å²) in [6.07, 6.45) is 2.75. The van der Waals surface area contributed by atoms with E-state index in [0.29, 0.717) is 12.4 Å². The Morgan fingerprint density at radius 2 is 1.77 bits per heavy atom. The molecule has 1 N–H and O–H groups in total. The van der Waals surface area contributed by atoms with Gasteiger partial charge >= 0.3 is 0 Å². The van der Waals surface area contributed by atoms with Gasteiger partial charge in [-0.25, -0.2) is 13.4 Å². The number of nitrogens with zero attached hydrogens (tertiary/aromatic N) is 1. The molecule has 0 aliphatic rings. The molecule has 0 saturated carbocycles. The molecule has 3 rings (SSSR count). The highest BCUT2D eigenvalue weighted by Crippen LogP contribution is 2.24. The summed E-state index contributed by atoms with van der Waals surface area (Å²) < 4.78 is 28.9. The fraction of sp³-hybridized carbons (Fsp3) is 0.150. The lowest BCUT2D eigenvalue weighted by Gasteiger charge is -2.10. The smallest absolute Gasteiger partial charge is 0.179 e. The number of sulfone groups is 1. The van der Waals surface area contributed by atoms with E-state index in [9.17, 15) is 8.42 Å². The number of methoxy groups -OCH3 is 1. The number of rotatable bonds is 6. The number of aromatic nitrogens is 1. The van der Waals surface area contributed by atoms with Crippen molar-refractivity contribution in [1.82, 2.24) is 4.98 Å². The Hall–Kier alpha value is -2.86. The minimum atomic E-state index is -3.32. The van der Waals surface area contributed by atoms with Crippen LogP contribution in [0.4, 0.5) is 5.82 Å². The molecule has 2 aromatic carbocycles. The van der Waals surface area contributed by atoms with Crippen LogP contribution in [0.15, 0.2) is 71.8 Å². The zero-order valence-corrected chi connectivity index (χ0v) is 15.5. The average molecular weight is 368 g/mol. The first-order chi connectivity index (χ1) is 12.5. The first-order valence-electron chi connectivity index (χ1n) is 8.10. The molecule has 0 atom stereocenters. The van der Waals surface area contributed by atoms with Gasteiger partial charge in [-0.3, -0.25) is 0 Å². The van der Waals surface area contributed by atoms with Crippen LogP contribution in [0.5, 0.6) is 5.75 Å². The predicted molar refractivity (Wildman–Crippen MR) is 103 cm³/mol. The Balaban J connectivity index is 1.75. The van der Waals surface area contributed by atoms with Gasteiger partial charge in [0.2, 0.25) is 0 Å². The van der Waals surface area contributed by atoms with Gasteiger partial charge in [0.1, 0.15) is 16.5 Å². The third-order valence-corrected chi connectivity index (χ3v) is 5.12. The maximum absolute atomic E-state index is 11.8. The minimum absolute atomic E-state index is 0.202. The summed E-state index contributed by atoms with van der Waals surface area (Å²) in [4.78, 5) is 4.34. The summed E-state index contributed by atoms with van der Waals surface area (Å²) in [5.41, 5.74) is 3.19. The lowest BCUT2D eigenvalue weighted by Crippen LogP contribution is -2.07. The maximum atomic E-state index is 11.8. The van der Waals surface area contributed by atoms with Gasteiger partial charge < -0.3 is 10.1 Å². The number of hydrogen-bond acceptors (Lipinski definition) is 5. The van der Waals surface area contributed by atoms with Crippen LogP contribution >= 0.6 is 0 Å². The molecule has 0 spiro atoms. The van der Waals surface area contributed by atoms with Gasteiger partial charge in [0.15, 0.2) is 9.84 Å². The zero-order chi connectivity index (χ0) is 18.6. The number of ether oxygens (including phenoxy) is 1. The third-order valence-electron chi connectivity index (χ3n) is 3.99. The monoisotopic (exact) mass is 368 g/mol. The second kappa shape index (κ2) is 7.58. The van der Waals surface area contributed by atoms with Crippen LogP contribution in [0, 0.1) is 0 Å². The van der Waals surface area contributed by atoms with E-state index in [1.165, 1.54) is 6.26 Å². The molecule has 0 radical (unpaired) electrons. The SMILES string of the molecule is COc1cccc(-c2ccc(CNc3ncccc3S(C)(=O)=O)cc2)c1. The van der Waals surface area contributed by atoms with Gasteiger partial charge in [0, 0.05) is 19.0 Å². The standard InChI is InChI=1S/C20H20N2O3S/c1-25-18-6-3-5-17(13-18)16-10-8-15(9-11-16)14-22-20-19(26(2,23)24)7-4-12-21-20/h3-13H,14H2,1-2H3,(H,21,22). The molecular weight excluding hydrogens is 348 g/mol. The van der Waals surface area contributed by atoms with Gasteiger partial charge in [0.05, 0.1) is 7.11 Å². The molecule has 26 heavy (non-hydrogen) atoms. The van der Waals surface area contributed by atoms with E-state index >= 15 is 0 Å². The Bertz CT molecular complexity index is 1000. The molecule has 1 aromatic heterocycles. The highest BCUT2D eigenvalue weighted by Gasteiger charge is 2.13. The Labute approximate surface area is 153 Å². The van der Waals surface area contributed by atoms with E-state index in [4.69, 9.17) is 4.74 Å². The molecule has 0 amide bonds. The highest BCUT2D eigenvalue weighted by atomic mass is 32.2. The van der Waals surface area contributed by atoms with Crippen molar-refractivity contribution in [3.63, 3.8) is 0 Å². The van der Waals surface area contributed by atoms with Crippen molar-refractivity contribution in [2.24, 2.45) is 0 Å². The molecule has 0 unspecified atom stereocenters. The largest absolute Gasteiger partial charge is 0.497 e. The molecule has 0 bridgehead atoms.